The first kappa shape index (κ1) is 19.2. The Balaban J connectivity index is 1.91. The molecule has 0 N–H and O–H groups in total. The van der Waals surface area contributed by atoms with E-state index in [-0.39, 0.29) is 0 Å². The van der Waals surface area contributed by atoms with Crippen LogP contribution in [0.4, 0.5) is 5.69 Å². The van der Waals surface area contributed by atoms with E-state index in [1.807, 2.05) is 11.8 Å². The third kappa shape index (κ3) is 4.41. The number of hydrogen-bond donors (Lipinski definition) is 0. The highest BCUT2D eigenvalue weighted by Gasteiger charge is 2.40. The van der Waals surface area contributed by atoms with E-state index in [0.29, 0.717) is 11.3 Å². The van der Waals surface area contributed by atoms with Crippen LogP contribution in [0, 0.1) is 5.41 Å². The summed E-state index contributed by atoms with van der Waals surface area (Å²) in [6.45, 7) is 7.13. The molecule has 1 spiro atoms. The van der Waals surface area contributed by atoms with Crippen LogP contribution in [0.25, 0.3) is 0 Å². The van der Waals surface area contributed by atoms with E-state index in [2.05, 4.69) is 49.3 Å². The van der Waals surface area contributed by atoms with E-state index in [1.54, 1.807) is 11.8 Å². The molecule has 2 fully saturated rings. The molecule has 0 unspecified atom stereocenters. The zero-order valence-electron chi connectivity index (χ0n) is 15.2. The van der Waals surface area contributed by atoms with E-state index in [0.717, 1.165) is 53.5 Å². The molecule has 0 saturated carbocycles. The topological polar surface area (TPSA) is 24.8 Å². The number of thiocarbonyl (C=S) groups is 1. The maximum atomic E-state index is 5.67. The van der Waals surface area contributed by atoms with Gasteiger partial charge in [-0.25, -0.2) is 4.99 Å². The SMILES string of the molecule is CSC(=S)N1CC2(CCOCC2)CSC1=Nc1ccccc1C(C)C. The molecular formula is C19H26N2OS3. The van der Waals surface area contributed by atoms with Crippen molar-refractivity contribution in [2.24, 2.45) is 10.4 Å². The van der Waals surface area contributed by atoms with Gasteiger partial charge in [-0.1, -0.05) is 67.8 Å². The number of rotatable bonds is 2. The number of thioether (sulfide) groups is 2. The summed E-state index contributed by atoms with van der Waals surface area (Å²) in [5, 5.41) is 1.05. The third-order valence-corrected chi connectivity index (χ3v) is 7.57. The smallest absolute Gasteiger partial charge is 0.169 e. The largest absolute Gasteiger partial charge is 0.381 e. The van der Waals surface area contributed by atoms with Gasteiger partial charge < -0.3 is 9.64 Å². The Morgan fingerprint density at radius 3 is 2.72 bits per heavy atom. The number of amidine groups is 1. The molecule has 1 aromatic carbocycles. The zero-order chi connectivity index (χ0) is 17.9. The molecule has 2 aliphatic rings. The number of para-hydroxylation sites is 1. The molecule has 3 nitrogen and oxygen atoms in total. The van der Waals surface area contributed by atoms with Crippen LogP contribution in [0.15, 0.2) is 29.3 Å². The lowest BCUT2D eigenvalue weighted by molar-refractivity contribution is 0.0213. The molecule has 6 heteroatoms. The van der Waals surface area contributed by atoms with Gasteiger partial charge in [-0.05, 0) is 36.6 Å². The van der Waals surface area contributed by atoms with Crippen molar-refractivity contribution in [2.45, 2.75) is 32.6 Å². The van der Waals surface area contributed by atoms with Crippen molar-refractivity contribution >= 4 is 50.9 Å². The van der Waals surface area contributed by atoms with Crippen LogP contribution < -0.4 is 0 Å². The number of benzene rings is 1. The van der Waals surface area contributed by atoms with Gasteiger partial charge >= 0.3 is 0 Å². The summed E-state index contributed by atoms with van der Waals surface area (Å²) in [4.78, 5) is 7.30. The number of aliphatic imine (C=N–C) groups is 1. The highest BCUT2D eigenvalue weighted by molar-refractivity contribution is 8.23. The summed E-state index contributed by atoms with van der Waals surface area (Å²) in [6, 6.07) is 8.45. The molecule has 0 bridgehead atoms. The molecule has 136 valence electrons. The monoisotopic (exact) mass is 394 g/mol. The van der Waals surface area contributed by atoms with Crippen LogP contribution in [0.2, 0.25) is 0 Å². The second-order valence-corrected chi connectivity index (χ2v) is 9.45. The molecule has 25 heavy (non-hydrogen) atoms. The maximum absolute atomic E-state index is 5.67. The fourth-order valence-electron chi connectivity index (χ4n) is 3.38. The van der Waals surface area contributed by atoms with Crippen molar-refractivity contribution in [3.05, 3.63) is 29.8 Å². The molecule has 0 radical (unpaired) electrons. The fourth-order valence-corrected chi connectivity index (χ4v) is 5.30. The van der Waals surface area contributed by atoms with Crippen LogP contribution in [0.5, 0.6) is 0 Å². The van der Waals surface area contributed by atoms with E-state index in [4.69, 9.17) is 21.9 Å². The minimum Gasteiger partial charge on any atom is -0.381 e. The minimum atomic E-state index is 0.305. The highest BCUT2D eigenvalue weighted by atomic mass is 32.2. The molecule has 2 saturated heterocycles. The molecule has 0 amide bonds. The summed E-state index contributed by atoms with van der Waals surface area (Å²) < 4.78 is 6.50. The lowest BCUT2D eigenvalue weighted by Gasteiger charge is -2.45. The summed E-state index contributed by atoms with van der Waals surface area (Å²) in [5.41, 5.74) is 2.66. The fraction of sp³-hybridized carbons (Fsp3) is 0.579. The minimum absolute atomic E-state index is 0.305. The van der Waals surface area contributed by atoms with Gasteiger partial charge in [-0.15, -0.1) is 0 Å². The van der Waals surface area contributed by atoms with Crippen molar-refractivity contribution in [1.82, 2.24) is 4.90 Å². The Hall–Kier alpha value is -0.560. The lowest BCUT2D eigenvalue weighted by Crippen LogP contribution is -2.50. The van der Waals surface area contributed by atoms with Crippen LogP contribution in [0.1, 0.15) is 38.2 Å². The van der Waals surface area contributed by atoms with Gasteiger partial charge in [-0.3, -0.25) is 0 Å². The predicted octanol–water partition coefficient (Wildman–Crippen LogP) is 5.29. The van der Waals surface area contributed by atoms with Crippen LogP contribution in [0.3, 0.4) is 0 Å². The van der Waals surface area contributed by atoms with Crippen LogP contribution >= 0.6 is 35.7 Å². The van der Waals surface area contributed by atoms with Crippen molar-refractivity contribution in [3.63, 3.8) is 0 Å². The summed E-state index contributed by atoms with van der Waals surface area (Å²) in [5.74, 6) is 1.56. The maximum Gasteiger partial charge on any atom is 0.169 e. The van der Waals surface area contributed by atoms with Gasteiger partial charge in [0.15, 0.2) is 5.17 Å². The summed E-state index contributed by atoms with van der Waals surface area (Å²) >= 11 is 9.16. The molecule has 0 atom stereocenters. The van der Waals surface area contributed by atoms with Gasteiger partial charge in [0.1, 0.15) is 4.32 Å². The van der Waals surface area contributed by atoms with E-state index >= 15 is 0 Å². The van der Waals surface area contributed by atoms with Gasteiger partial charge in [-0.2, -0.15) is 0 Å². The van der Waals surface area contributed by atoms with Gasteiger partial charge in [0.05, 0.1) is 5.69 Å². The average Bonchev–Trinajstić information content (AvgIpc) is 2.63. The molecule has 2 heterocycles. The second kappa shape index (κ2) is 8.42. The van der Waals surface area contributed by atoms with Gasteiger partial charge in [0.2, 0.25) is 0 Å². The van der Waals surface area contributed by atoms with Crippen molar-refractivity contribution in [3.8, 4) is 0 Å². The first-order chi connectivity index (χ1) is 12.0. The molecule has 0 aliphatic carbocycles. The molecule has 0 aromatic heterocycles. The Labute approximate surface area is 165 Å². The molecule has 3 rings (SSSR count). The Morgan fingerprint density at radius 2 is 2.04 bits per heavy atom. The highest BCUT2D eigenvalue weighted by Crippen LogP contribution is 2.41. The number of nitrogens with zero attached hydrogens (tertiary/aromatic N) is 2. The quantitative estimate of drug-likeness (QED) is 0.635. The first-order valence-electron chi connectivity index (χ1n) is 8.78. The van der Waals surface area contributed by atoms with Crippen LogP contribution in [-0.4, -0.2) is 46.2 Å². The van der Waals surface area contributed by atoms with E-state index < -0.39 is 0 Å². The van der Waals surface area contributed by atoms with E-state index in [9.17, 15) is 0 Å². The molecule has 2 aliphatic heterocycles. The van der Waals surface area contributed by atoms with Crippen LogP contribution in [-0.2, 0) is 4.74 Å². The zero-order valence-corrected chi connectivity index (χ0v) is 17.6. The standard InChI is InChI=1S/C19H26N2OS3/c1-14(2)15-6-4-5-7-16(15)20-17-21(18(23)24-3)12-19(13-25-17)8-10-22-11-9-19/h4-7,14H,8-13H2,1-3H3. The summed E-state index contributed by atoms with van der Waals surface area (Å²) in [6.07, 6.45) is 4.28. The number of ether oxygens (including phenoxy) is 1. The Kier molecular flexibility index (Phi) is 6.47. The van der Waals surface area contributed by atoms with E-state index in [1.165, 1.54) is 5.56 Å². The normalized spacial score (nSPS) is 21.9. The third-order valence-electron chi connectivity index (χ3n) is 4.96. The first-order valence-corrected chi connectivity index (χ1v) is 11.4. The van der Waals surface area contributed by atoms with Gasteiger partial charge in [0, 0.05) is 30.9 Å². The van der Waals surface area contributed by atoms with Crippen molar-refractivity contribution in [2.75, 3.05) is 31.8 Å². The lowest BCUT2D eigenvalue weighted by atomic mass is 9.81. The number of hydrogen-bond acceptors (Lipinski definition) is 5. The van der Waals surface area contributed by atoms with Gasteiger partial charge in [0.25, 0.3) is 0 Å². The second-order valence-electron chi connectivity index (χ2n) is 7.07. The Morgan fingerprint density at radius 1 is 1.32 bits per heavy atom. The summed E-state index contributed by atoms with van der Waals surface area (Å²) in [7, 11) is 0. The predicted molar refractivity (Wildman–Crippen MR) is 115 cm³/mol. The Bertz CT molecular complexity index is 654. The molecular weight excluding hydrogens is 368 g/mol. The molecule has 1 aromatic rings. The average molecular weight is 395 g/mol. The van der Waals surface area contributed by atoms with Crippen molar-refractivity contribution < 1.29 is 4.74 Å². The van der Waals surface area contributed by atoms with Crippen molar-refractivity contribution in [1.29, 1.82) is 0 Å².